The van der Waals surface area contributed by atoms with Crippen LogP contribution in [-0.2, 0) is 47.7 Å². The largest absolute Gasteiger partial charge is 0.481 e. The number of amides is 1. The first kappa shape index (κ1) is 79.9. The Morgan fingerprint density at radius 3 is 1.13 bits per heavy atom. The smallest absolute Gasteiger partial charge is 0.310 e. The van der Waals surface area contributed by atoms with Gasteiger partial charge in [-0.25, -0.2) is 0 Å². The van der Waals surface area contributed by atoms with Gasteiger partial charge in [-0.2, -0.15) is 5.26 Å². The molecule has 2 N–H and O–H groups in total. The van der Waals surface area contributed by atoms with Gasteiger partial charge in [0.15, 0.2) is 4.30 Å². The number of alkyl halides is 3. The number of carbonyl (C=O) groups is 7. The first-order valence-corrected chi connectivity index (χ1v) is 22.5. The van der Waals surface area contributed by atoms with Crippen LogP contribution in [0.4, 0.5) is 0 Å². The molecular formula is C50H79Cl3N2O13. The van der Waals surface area contributed by atoms with Crippen LogP contribution in [0.15, 0.2) is 97.1 Å². The third-order valence-corrected chi connectivity index (χ3v) is 5.35. The van der Waals surface area contributed by atoms with E-state index in [4.69, 9.17) is 69.3 Å². The van der Waals surface area contributed by atoms with Crippen LogP contribution in [0, 0.1) is 18.3 Å². The van der Waals surface area contributed by atoms with E-state index >= 15 is 0 Å². The van der Waals surface area contributed by atoms with Crippen molar-refractivity contribution in [3.05, 3.63) is 108 Å². The number of benzene rings is 3. The number of unbranched alkanes of at least 4 members (excludes halogenated alkanes) is 3. The fourth-order valence-corrected chi connectivity index (χ4v) is 2.82. The first-order valence-electron chi connectivity index (χ1n) is 21.1. The van der Waals surface area contributed by atoms with E-state index in [1.807, 2.05) is 72.8 Å². The molecule has 3 aromatic carbocycles. The number of nitriles is 1. The SMILES string of the molecule is C1COCCO1.CC#N.CC(=O)O.CC(=O)OC(C)=O.CC(C)=O.CCCCCOC(C)=O.CCCCO.CN(C)C=O.Cc1ccccc1.ClC(Cl)Cl.O=Cc1ccccc1.c1ccccc1. The van der Waals surface area contributed by atoms with Crippen LogP contribution in [-0.4, -0.2) is 116 Å². The van der Waals surface area contributed by atoms with Gasteiger partial charge in [0, 0.05) is 60.9 Å². The summed E-state index contributed by atoms with van der Waals surface area (Å²) in [4.78, 5) is 69.1. The van der Waals surface area contributed by atoms with Crippen molar-refractivity contribution in [2.45, 2.75) is 106 Å². The number of carboxylic acids is 1. The lowest BCUT2D eigenvalue weighted by Gasteiger charge is -2.09. The number of hydrogen-bond donors (Lipinski definition) is 2. The van der Waals surface area contributed by atoms with E-state index in [0.29, 0.717) is 13.2 Å². The van der Waals surface area contributed by atoms with E-state index < -0.39 is 22.2 Å². The first-order chi connectivity index (χ1) is 32.0. The van der Waals surface area contributed by atoms with E-state index in [1.54, 1.807) is 32.3 Å². The standard InChI is InChI=1S/C7H14O2.C7H6O.C7H8.C6H6.C4H6O3.C4H8O2.C4H10O.C3H7NO.C3H6O.C2H3N.C2H4O2.CHCl3/c1-3-4-5-6-9-7(2)8;8-6-7-4-2-1-3-5-7;1-7-5-3-2-4-6-7;1-2-4-6-5-3-1;1-3(5)7-4(2)6;1-2-6-4-3-5-1;1-2-3-4-5;1-4(2)3-5;1-3(2)4;1-2-3;1-2(3)4;2-1(3)4/h3-6H2,1-2H3;1-6H;2-6H,1H3;1-6H;1-2H3;1-4H2;5H,2-4H2,1H3;3H,1-2H3;1-2H3;1H3;1H3,(H,3,4);1H. The van der Waals surface area contributed by atoms with Crippen molar-refractivity contribution >= 4 is 77.2 Å². The van der Waals surface area contributed by atoms with Crippen molar-refractivity contribution < 1.29 is 62.7 Å². The Balaban J connectivity index is -0.0000000974. The summed E-state index contributed by atoms with van der Waals surface area (Å²) in [5.41, 5.74) is 2.05. The maximum Gasteiger partial charge on any atom is 0.310 e. The lowest BCUT2D eigenvalue weighted by Crippen LogP contribution is -2.16. The summed E-state index contributed by atoms with van der Waals surface area (Å²) >= 11 is 14.4. The Bertz CT molecular complexity index is 1470. The van der Waals surface area contributed by atoms with E-state index in [9.17, 15) is 28.8 Å². The molecule has 0 aliphatic carbocycles. The second-order valence-electron chi connectivity index (χ2n) is 12.7. The number of esters is 3. The predicted octanol–water partition coefficient (Wildman–Crippen LogP) is 10.7. The zero-order chi connectivity index (χ0) is 54.2. The molecule has 0 atom stereocenters. The number of ether oxygens (including phenoxy) is 4. The van der Waals surface area contributed by atoms with Gasteiger partial charge in [-0.3, -0.25) is 28.8 Å². The van der Waals surface area contributed by atoms with Crippen LogP contribution in [0.1, 0.15) is 110 Å². The summed E-state index contributed by atoms with van der Waals surface area (Å²) in [6.07, 6.45) is 6.93. The van der Waals surface area contributed by atoms with Crippen molar-refractivity contribution in [1.82, 2.24) is 4.90 Å². The zero-order valence-corrected chi connectivity index (χ0v) is 44.4. The molecule has 0 aromatic heterocycles. The molecule has 18 heteroatoms. The fraction of sp³-hybridized carbons (Fsp3) is 0.480. The van der Waals surface area contributed by atoms with Gasteiger partial charge < -0.3 is 38.9 Å². The summed E-state index contributed by atoms with van der Waals surface area (Å²) in [7, 11) is 3.38. The third kappa shape index (κ3) is 144. The van der Waals surface area contributed by atoms with Gasteiger partial charge in [-0.05, 0) is 33.6 Å². The van der Waals surface area contributed by atoms with E-state index in [1.165, 1.54) is 58.4 Å². The molecule has 0 bridgehead atoms. The van der Waals surface area contributed by atoms with Gasteiger partial charge in [-0.1, -0.05) is 171 Å². The monoisotopic (exact) mass is 1020 g/mol. The number of nitrogens with zero attached hydrogens (tertiary/aromatic N) is 2. The lowest BCUT2D eigenvalue weighted by molar-refractivity contribution is -0.156. The molecule has 0 radical (unpaired) electrons. The molecule has 1 saturated heterocycles. The number of hydrogen-bond acceptors (Lipinski definition) is 13. The van der Waals surface area contributed by atoms with E-state index in [-0.39, 0.29) is 11.8 Å². The average molecular weight is 1020 g/mol. The molecule has 15 nitrogen and oxygen atoms in total. The quantitative estimate of drug-likeness (QED) is 0.0704. The van der Waals surface area contributed by atoms with Gasteiger partial charge in [-0.15, -0.1) is 0 Å². The highest BCUT2D eigenvalue weighted by Crippen LogP contribution is 2.03. The summed E-state index contributed by atoms with van der Waals surface area (Å²) in [6.45, 7) is 19.7. The highest BCUT2D eigenvalue weighted by molar-refractivity contribution is 6.63. The Morgan fingerprint density at radius 2 is 0.985 bits per heavy atom. The number of aldehydes is 1. The Morgan fingerprint density at radius 1 is 0.691 bits per heavy atom. The zero-order valence-electron chi connectivity index (χ0n) is 42.2. The van der Waals surface area contributed by atoms with Crippen LogP contribution >= 0.6 is 34.8 Å². The maximum absolute atomic E-state index is 10.2. The number of aliphatic hydroxyl groups excluding tert-OH is 1. The van der Waals surface area contributed by atoms with Crippen LogP contribution in [0.5, 0.6) is 0 Å². The summed E-state index contributed by atoms with van der Waals surface area (Å²) in [6, 6.07) is 33.1. The highest BCUT2D eigenvalue weighted by Gasteiger charge is 1.95. The van der Waals surface area contributed by atoms with Crippen LogP contribution in [0.3, 0.4) is 0 Å². The molecule has 1 amide bonds. The molecule has 0 spiro atoms. The van der Waals surface area contributed by atoms with Crippen LogP contribution in [0.25, 0.3) is 0 Å². The van der Waals surface area contributed by atoms with Crippen molar-refractivity contribution in [3.8, 4) is 6.07 Å². The van der Waals surface area contributed by atoms with Gasteiger partial charge in [0.05, 0.1) is 39.1 Å². The molecule has 0 unspecified atom stereocenters. The highest BCUT2D eigenvalue weighted by atomic mass is 35.6. The number of ketones is 1. The maximum atomic E-state index is 10.2. The molecule has 1 fully saturated rings. The molecule has 1 heterocycles. The minimum Gasteiger partial charge on any atom is -0.481 e. The van der Waals surface area contributed by atoms with E-state index in [0.717, 1.165) is 77.3 Å². The van der Waals surface area contributed by atoms with Gasteiger partial charge in [0.1, 0.15) is 12.1 Å². The molecule has 4 rings (SSSR count). The number of halogens is 3. The fourth-order valence-electron chi connectivity index (χ4n) is 2.82. The normalized spacial score (nSPS) is 9.24. The number of aliphatic hydroxyl groups is 1. The molecule has 68 heavy (non-hydrogen) atoms. The minimum atomic E-state index is -0.833. The molecule has 3 aromatic rings. The topological polar surface area (TPSA) is 224 Å². The Kier molecular flexibility index (Phi) is 86.2. The average Bonchev–Trinajstić information content (AvgIpc) is 3.28. The molecule has 1 aliphatic heterocycles. The van der Waals surface area contributed by atoms with Gasteiger partial charge >= 0.3 is 17.9 Å². The van der Waals surface area contributed by atoms with E-state index in [2.05, 4.69) is 37.6 Å². The second kappa shape index (κ2) is 73.4. The Hall–Kier alpha value is -5.21. The predicted molar refractivity (Wildman–Crippen MR) is 274 cm³/mol. The number of carbonyl (C=O) groups excluding carboxylic acids is 6. The summed E-state index contributed by atoms with van der Waals surface area (Å²) in [5.74, 6) is -1.97. The second-order valence-corrected chi connectivity index (χ2v) is 14.7. The summed E-state index contributed by atoms with van der Waals surface area (Å²) < 4.78 is 17.8. The number of aryl methyl sites for hydroxylation is 1. The lowest BCUT2D eigenvalue weighted by atomic mass is 10.2. The van der Waals surface area contributed by atoms with Crippen molar-refractivity contribution in [3.63, 3.8) is 0 Å². The third-order valence-electron chi connectivity index (χ3n) is 5.35. The molecular weight excluding hydrogens is 943 g/mol. The van der Waals surface area contributed by atoms with Gasteiger partial charge in [0.2, 0.25) is 6.41 Å². The summed E-state index contributed by atoms with van der Waals surface area (Å²) in [5, 5.41) is 22.8. The van der Waals surface area contributed by atoms with Crippen LogP contribution in [0.2, 0.25) is 0 Å². The molecule has 1 aliphatic rings. The van der Waals surface area contributed by atoms with Crippen molar-refractivity contribution in [1.29, 1.82) is 5.26 Å². The number of Topliss-reactive ketones (excluding diaryl/α,β-unsaturated/α-hetero) is 1. The van der Waals surface area contributed by atoms with Gasteiger partial charge in [0.25, 0.3) is 5.97 Å². The van der Waals surface area contributed by atoms with Crippen molar-refractivity contribution in [2.75, 3.05) is 53.7 Å². The number of rotatable bonds is 8. The minimum absolute atomic E-state index is 0.167. The number of carboxylic acid groups (broad SMARTS) is 1. The number of aliphatic carboxylic acids is 1. The van der Waals surface area contributed by atoms with Crippen molar-refractivity contribution in [2.24, 2.45) is 0 Å². The van der Waals surface area contributed by atoms with Crippen LogP contribution < -0.4 is 0 Å². The Labute approximate surface area is 422 Å². The molecule has 0 saturated carbocycles. The molecule has 388 valence electrons.